The predicted molar refractivity (Wildman–Crippen MR) is 114 cm³/mol. The Hall–Kier alpha value is -3.06. The van der Waals surface area contributed by atoms with Gasteiger partial charge in [0.2, 0.25) is 11.8 Å². The first kappa shape index (κ1) is 18.0. The molecule has 2 aromatic carbocycles. The molecule has 29 heavy (non-hydrogen) atoms. The van der Waals surface area contributed by atoms with Crippen LogP contribution in [0, 0.1) is 5.92 Å². The molecule has 3 heterocycles. The highest BCUT2D eigenvalue weighted by Gasteiger charge is 2.36. The van der Waals surface area contributed by atoms with Gasteiger partial charge in [-0.1, -0.05) is 36.4 Å². The number of fused-ring (bicyclic) bond motifs is 1. The van der Waals surface area contributed by atoms with Crippen LogP contribution in [0.4, 0.5) is 11.5 Å². The molecule has 0 bridgehead atoms. The van der Waals surface area contributed by atoms with Crippen LogP contribution in [0.1, 0.15) is 17.7 Å². The number of thioether (sulfide) groups is 1. The minimum absolute atomic E-state index is 0.0197. The van der Waals surface area contributed by atoms with Gasteiger partial charge in [0.15, 0.2) is 0 Å². The molecular formula is C22H20N4O2S. The lowest BCUT2D eigenvalue weighted by atomic mass is 10.1. The molecule has 0 radical (unpaired) electrons. The van der Waals surface area contributed by atoms with Crippen LogP contribution in [-0.4, -0.2) is 28.1 Å². The van der Waals surface area contributed by atoms with Crippen molar-refractivity contribution in [2.45, 2.75) is 17.9 Å². The quantitative estimate of drug-likeness (QED) is 0.721. The standard InChI is InChI=1S/C22H20N4O2S/c27-20-11-15(12-25(20)16-7-3-1-4-8-16)22(28)23-21-18-13-29-14-19(18)24-26(21)17-9-5-2-6-10-17/h1-10,15H,11-14H2,(H,23,28)/t15-/m0/s1. The van der Waals surface area contributed by atoms with Gasteiger partial charge in [-0.3, -0.25) is 9.59 Å². The van der Waals surface area contributed by atoms with Gasteiger partial charge >= 0.3 is 0 Å². The molecule has 1 N–H and O–H groups in total. The summed E-state index contributed by atoms with van der Waals surface area (Å²) in [4.78, 5) is 27.3. The maximum atomic E-state index is 13.1. The third-order valence-electron chi connectivity index (χ3n) is 5.36. The van der Waals surface area contributed by atoms with E-state index < -0.39 is 0 Å². The second-order valence-electron chi connectivity index (χ2n) is 7.24. The van der Waals surface area contributed by atoms with E-state index >= 15 is 0 Å². The van der Waals surface area contributed by atoms with E-state index in [2.05, 4.69) is 5.32 Å². The van der Waals surface area contributed by atoms with Crippen LogP contribution < -0.4 is 10.2 Å². The summed E-state index contributed by atoms with van der Waals surface area (Å²) in [7, 11) is 0. The number of benzene rings is 2. The van der Waals surface area contributed by atoms with Gasteiger partial charge in [0.25, 0.3) is 0 Å². The molecule has 2 amide bonds. The van der Waals surface area contributed by atoms with E-state index in [1.807, 2.05) is 65.3 Å². The molecule has 7 heteroatoms. The Morgan fingerprint density at radius 1 is 1.00 bits per heavy atom. The summed E-state index contributed by atoms with van der Waals surface area (Å²) in [5.41, 5.74) is 3.84. The first-order valence-electron chi connectivity index (χ1n) is 9.61. The van der Waals surface area contributed by atoms with Crippen LogP contribution in [0.5, 0.6) is 0 Å². The highest BCUT2D eigenvalue weighted by atomic mass is 32.2. The third-order valence-corrected chi connectivity index (χ3v) is 6.33. The maximum Gasteiger partial charge on any atom is 0.230 e. The summed E-state index contributed by atoms with van der Waals surface area (Å²) in [5.74, 6) is 1.87. The molecule has 146 valence electrons. The second-order valence-corrected chi connectivity index (χ2v) is 8.23. The number of nitrogens with zero attached hydrogens (tertiary/aromatic N) is 3. The van der Waals surface area contributed by atoms with Crippen molar-refractivity contribution in [3.05, 3.63) is 71.9 Å². The van der Waals surface area contributed by atoms with E-state index in [1.165, 1.54) is 0 Å². The highest BCUT2D eigenvalue weighted by molar-refractivity contribution is 7.98. The Kier molecular flexibility index (Phi) is 4.60. The lowest BCUT2D eigenvalue weighted by molar-refractivity contribution is -0.122. The van der Waals surface area contributed by atoms with E-state index in [1.54, 1.807) is 16.7 Å². The van der Waals surface area contributed by atoms with Crippen molar-refractivity contribution in [2.75, 3.05) is 16.8 Å². The predicted octanol–water partition coefficient (Wildman–Crippen LogP) is 3.61. The zero-order valence-electron chi connectivity index (χ0n) is 15.7. The number of hydrogen-bond acceptors (Lipinski definition) is 4. The molecule has 2 aliphatic rings. The van der Waals surface area contributed by atoms with Crippen LogP contribution in [-0.2, 0) is 21.1 Å². The molecule has 1 saturated heterocycles. The Morgan fingerprint density at radius 2 is 1.69 bits per heavy atom. The van der Waals surface area contributed by atoms with E-state index in [-0.39, 0.29) is 24.2 Å². The molecule has 1 fully saturated rings. The fourth-order valence-corrected chi connectivity index (χ4v) is 4.89. The Morgan fingerprint density at radius 3 is 2.41 bits per heavy atom. The number of carbonyl (C=O) groups excluding carboxylic acids is 2. The number of amides is 2. The molecule has 0 aliphatic carbocycles. The van der Waals surface area contributed by atoms with Gasteiger partial charge in [-0.2, -0.15) is 16.9 Å². The van der Waals surface area contributed by atoms with Gasteiger partial charge in [0.05, 0.1) is 17.3 Å². The lowest BCUT2D eigenvalue weighted by Gasteiger charge is -2.17. The van der Waals surface area contributed by atoms with Gasteiger partial charge in [0.1, 0.15) is 5.82 Å². The summed E-state index contributed by atoms with van der Waals surface area (Å²) in [6.45, 7) is 0.394. The van der Waals surface area contributed by atoms with Gasteiger partial charge in [-0.05, 0) is 24.3 Å². The monoisotopic (exact) mass is 404 g/mol. The molecule has 0 saturated carbocycles. The number of para-hydroxylation sites is 2. The van der Waals surface area contributed by atoms with Crippen LogP contribution in [0.2, 0.25) is 0 Å². The van der Waals surface area contributed by atoms with Gasteiger partial charge in [-0.15, -0.1) is 0 Å². The normalized spacial score (nSPS) is 18.1. The first-order chi connectivity index (χ1) is 14.2. The van der Waals surface area contributed by atoms with Gasteiger partial charge in [0, 0.05) is 35.7 Å². The zero-order valence-corrected chi connectivity index (χ0v) is 16.6. The number of carbonyl (C=O) groups is 2. The number of nitrogens with one attached hydrogen (secondary N) is 1. The molecule has 2 aliphatic heterocycles. The van der Waals surface area contributed by atoms with Gasteiger partial charge < -0.3 is 10.2 Å². The highest BCUT2D eigenvalue weighted by Crippen LogP contribution is 2.36. The molecule has 1 aromatic heterocycles. The number of rotatable bonds is 4. The van der Waals surface area contributed by atoms with E-state index in [0.717, 1.165) is 40.0 Å². The summed E-state index contributed by atoms with van der Waals surface area (Å²) in [5, 5.41) is 7.82. The van der Waals surface area contributed by atoms with Crippen LogP contribution >= 0.6 is 11.8 Å². The second kappa shape index (κ2) is 7.40. The molecule has 0 unspecified atom stereocenters. The minimum atomic E-state index is -0.383. The summed E-state index contributed by atoms with van der Waals surface area (Å²) >= 11 is 1.80. The fourth-order valence-electron chi connectivity index (χ4n) is 3.86. The molecule has 3 aromatic rings. The summed E-state index contributed by atoms with van der Waals surface area (Å²) in [6, 6.07) is 19.3. The van der Waals surface area contributed by atoms with Crippen LogP contribution in [0.15, 0.2) is 60.7 Å². The van der Waals surface area contributed by atoms with Crippen molar-refractivity contribution >= 4 is 35.1 Å². The number of anilines is 2. The SMILES string of the molecule is O=C(Nc1c2c(nn1-c1ccccc1)CSC2)[C@H]1CC(=O)N(c2ccccc2)C1. The summed E-state index contributed by atoms with van der Waals surface area (Å²) in [6.07, 6.45) is 0.219. The Labute approximate surface area is 172 Å². The zero-order chi connectivity index (χ0) is 19.8. The van der Waals surface area contributed by atoms with Crippen molar-refractivity contribution in [3.63, 3.8) is 0 Å². The molecule has 1 atom stereocenters. The van der Waals surface area contributed by atoms with Crippen LogP contribution in [0.3, 0.4) is 0 Å². The molecule has 0 spiro atoms. The average Bonchev–Trinajstić information content (AvgIpc) is 3.45. The van der Waals surface area contributed by atoms with Crippen molar-refractivity contribution in [3.8, 4) is 5.69 Å². The average molecular weight is 404 g/mol. The van der Waals surface area contributed by atoms with Gasteiger partial charge in [-0.25, -0.2) is 4.68 Å². The minimum Gasteiger partial charge on any atom is -0.312 e. The van der Waals surface area contributed by atoms with Crippen LogP contribution in [0.25, 0.3) is 5.69 Å². The number of aromatic nitrogens is 2. The van der Waals surface area contributed by atoms with E-state index in [0.29, 0.717) is 6.54 Å². The maximum absolute atomic E-state index is 13.1. The molecule has 6 nitrogen and oxygen atoms in total. The van der Waals surface area contributed by atoms with E-state index in [9.17, 15) is 9.59 Å². The third kappa shape index (κ3) is 3.31. The van der Waals surface area contributed by atoms with Crippen molar-refractivity contribution in [1.29, 1.82) is 0 Å². The van der Waals surface area contributed by atoms with Crippen molar-refractivity contribution < 1.29 is 9.59 Å². The molecule has 5 rings (SSSR count). The largest absolute Gasteiger partial charge is 0.312 e. The summed E-state index contributed by atoms with van der Waals surface area (Å²) < 4.78 is 1.81. The smallest absolute Gasteiger partial charge is 0.230 e. The van der Waals surface area contributed by atoms with E-state index in [4.69, 9.17) is 5.10 Å². The Bertz CT molecular complexity index is 1070. The van der Waals surface area contributed by atoms with Crippen molar-refractivity contribution in [2.24, 2.45) is 5.92 Å². The number of hydrogen-bond donors (Lipinski definition) is 1. The topological polar surface area (TPSA) is 67.2 Å². The Balaban J connectivity index is 1.40. The lowest BCUT2D eigenvalue weighted by Crippen LogP contribution is -2.28. The van der Waals surface area contributed by atoms with Crippen molar-refractivity contribution in [1.82, 2.24) is 9.78 Å². The molecular weight excluding hydrogens is 384 g/mol. The fraction of sp³-hybridized carbons (Fsp3) is 0.227. The first-order valence-corrected chi connectivity index (χ1v) is 10.8.